The third-order valence-corrected chi connectivity index (χ3v) is 4.93. The Bertz CT molecular complexity index is 1070. The van der Waals surface area contributed by atoms with Crippen molar-refractivity contribution in [2.75, 3.05) is 10.6 Å². The Kier molecular flexibility index (Phi) is 6.21. The number of hydrogen-bond donors (Lipinski definition) is 2. The van der Waals surface area contributed by atoms with E-state index in [4.69, 9.17) is 0 Å². The monoisotopic (exact) mass is 510 g/mol. The van der Waals surface area contributed by atoms with Crippen LogP contribution in [-0.2, 0) is 6.18 Å². The Morgan fingerprint density at radius 3 is 2.07 bits per heavy atom. The third-order valence-electron chi connectivity index (χ3n) is 3.99. The number of amides is 2. The maximum atomic E-state index is 12.9. The summed E-state index contributed by atoms with van der Waals surface area (Å²) in [6.45, 7) is 0. The lowest BCUT2D eigenvalue weighted by atomic mass is 10.1. The summed E-state index contributed by atoms with van der Waals surface area (Å²) < 4.78 is 39.4. The highest BCUT2D eigenvalue weighted by atomic mass is 127. The van der Waals surface area contributed by atoms with Crippen LogP contribution in [0, 0.1) is 3.57 Å². The predicted octanol–water partition coefficient (Wildman–Crippen LogP) is 5.81. The van der Waals surface area contributed by atoms with E-state index in [1.807, 2.05) is 22.6 Å². The zero-order valence-electron chi connectivity index (χ0n) is 14.8. The number of carbonyl (C=O) groups is 2. The first-order valence-electron chi connectivity index (χ1n) is 8.39. The molecule has 0 radical (unpaired) electrons. The molecule has 3 aromatic carbocycles. The molecule has 0 spiro atoms. The van der Waals surface area contributed by atoms with Gasteiger partial charge in [-0.25, -0.2) is 0 Å². The summed E-state index contributed by atoms with van der Waals surface area (Å²) in [5, 5.41) is 5.13. The van der Waals surface area contributed by atoms with Crippen LogP contribution in [0.5, 0.6) is 0 Å². The Morgan fingerprint density at radius 2 is 1.38 bits per heavy atom. The lowest BCUT2D eigenvalue weighted by molar-refractivity contribution is -0.137. The van der Waals surface area contributed by atoms with E-state index in [0.29, 0.717) is 5.56 Å². The molecule has 8 heteroatoms. The zero-order chi connectivity index (χ0) is 21.0. The molecule has 0 atom stereocenters. The molecule has 0 unspecified atom stereocenters. The maximum absolute atomic E-state index is 12.9. The van der Waals surface area contributed by atoms with Crippen molar-refractivity contribution < 1.29 is 22.8 Å². The van der Waals surface area contributed by atoms with Gasteiger partial charge in [0.25, 0.3) is 11.8 Å². The molecule has 4 nitrogen and oxygen atoms in total. The van der Waals surface area contributed by atoms with Crippen LogP contribution < -0.4 is 10.6 Å². The standard InChI is InChI=1S/C21H14F3IN2O2/c22-21(23,24)13-6-5-7-14(12-13)26-20(29)16-9-2-4-11-18(16)27-19(28)15-8-1-3-10-17(15)25/h1-12H,(H,26,29)(H,27,28). The van der Waals surface area contributed by atoms with Gasteiger partial charge in [0.15, 0.2) is 0 Å². The topological polar surface area (TPSA) is 58.2 Å². The normalized spacial score (nSPS) is 11.0. The predicted molar refractivity (Wildman–Crippen MR) is 113 cm³/mol. The summed E-state index contributed by atoms with van der Waals surface area (Å²) in [7, 11) is 0. The molecule has 0 saturated carbocycles. The SMILES string of the molecule is O=C(Nc1ccccc1C(=O)Nc1cccc(C(F)(F)F)c1)c1ccccc1I. The lowest BCUT2D eigenvalue weighted by Gasteiger charge is -2.13. The van der Waals surface area contributed by atoms with Gasteiger partial charge in [0.05, 0.1) is 22.4 Å². The summed E-state index contributed by atoms with van der Waals surface area (Å²) >= 11 is 2.03. The van der Waals surface area contributed by atoms with Gasteiger partial charge in [0.1, 0.15) is 0 Å². The van der Waals surface area contributed by atoms with Crippen LogP contribution in [0.25, 0.3) is 0 Å². The lowest BCUT2D eigenvalue weighted by Crippen LogP contribution is -2.19. The molecule has 0 saturated heterocycles. The van der Waals surface area contributed by atoms with Crippen LogP contribution in [-0.4, -0.2) is 11.8 Å². The highest BCUT2D eigenvalue weighted by molar-refractivity contribution is 14.1. The quantitative estimate of drug-likeness (QED) is 0.435. The van der Waals surface area contributed by atoms with Crippen molar-refractivity contribution in [2.24, 2.45) is 0 Å². The molecule has 148 valence electrons. The molecule has 0 aromatic heterocycles. The van der Waals surface area contributed by atoms with E-state index in [1.54, 1.807) is 42.5 Å². The van der Waals surface area contributed by atoms with Crippen LogP contribution in [0.3, 0.4) is 0 Å². The van der Waals surface area contributed by atoms with Crippen molar-refractivity contribution in [3.63, 3.8) is 0 Å². The molecule has 2 amide bonds. The first-order valence-corrected chi connectivity index (χ1v) is 9.47. The van der Waals surface area contributed by atoms with Crippen molar-refractivity contribution in [1.82, 2.24) is 0 Å². The van der Waals surface area contributed by atoms with Crippen LogP contribution in [0.15, 0.2) is 72.8 Å². The summed E-state index contributed by atoms with van der Waals surface area (Å²) in [6, 6.07) is 17.6. The van der Waals surface area contributed by atoms with Gasteiger partial charge in [-0.2, -0.15) is 13.2 Å². The number of halogens is 4. The molecule has 0 bridgehead atoms. The van der Waals surface area contributed by atoms with Crippen LogP contribution >= 0.6 is 22.6 Å². The average Bonchev–Trinajstić information content (AvgIpc) is 2.68. The average molecular weight is 510 g/mol. The largest absolute Gasteiger partial charge is 0.416 e. The van der Waals surface area contributed by atoms with E-state index in [9.17, 15) is 22.8 Å². The molecule has 2 N–H and O–H groups in total. The minimum absolute atomic E-state index is 0.00330. The molecular weight excluding hydrogens is 496 g/mol. The van der Waals surface area contributed by atoms with Crippen molar-refractivity contribution in [3.8, 4) is 0 Å². The number of nitrogens with one attached hydrogen (secondary N) is 2. The number of anilines is 2. The first kappa shape index (κ1) is 20.8. The Hall–Kier alpha value is -2.88. The number of hydrogen-bond acceptors (Lipinski definition) is 2. The van der Waals surface area contributed by atoms with E-state index in [2.05, 4.69) is 10.6 Å². The molecule has 0 fully saturated rings. The highest BCUT2D eigenvalue weighted by Crippen LogP contribution is 2.31. The minimum Gasteiger partial charge on any atom is -0.322 e. The van der Waals surface area contributed by atoms with Gasteiger partial charge >= 0.3 is 6.18 Å². The summed E-state index contributed by atoms with van der Waals surface area (Å²) in [5.41, 5.74) is -0.0360. The Balaban J connectivity index is 1.83. The van der Waals surface area contributed by atoms with Gasteiger partial charge in [-0.1, -0.05) is 30.3 Å². The molecule has 3 aromatic rings. The number of carbonyl (C=O) groups excluding carboxylic acids is 2. The van der Waals surface area contributed by atoms with Crippen LogP contribution in [0.1, 0.15) is 26.3 Å². The summed E-state index contributed by atoms with van der Waals surface area (Å²) in [4.78, 5) is 25.2. The second-order valence-corrected chi connectivity index (χ2v) is 7.17. The molecular formula is C21H14F3IN2O2. The molecule has 29 heavy (non-hydrogen) atoms. The van der Waals surface area contributed by atoms with E-state index < -0.39 is 23.6 Å². The van der Waals surface area contributed by atoms with Gasteiger partial charge in [0, 0.05) is 9.26 Å². The van der Waals surface area contributed by atoms with Gasteiger partial charge in [-0.15, -0.1) is 0 Å². The minimum atomic E-state index is -4.51. The van der Waals surface area contributed by atoms with E-state index in [0.717, 1.165) is 15.7 Å². The maximum Gasteiger partial charge on any atom is 0.416 e. The fourth-order valence-corrected chi connectivity index (χ4v) is 3.23. The van der Waals surface area contributed by atoms with Crippen molar-refractivity contribution in [1.29, 1.82) is 0 Å². The van der Waals surface area contributed by atoms with Gasteiger partial charge in [-0.3, -0.25) is 9.59 Å². The summed E-state index contributed by atoms with van der Waals surface area (Å²) in [5.74, 6) is -1.03. The van der Waals surface area contributed by atoms with Crippen molar-refractivity contribution >= 4 is 45.8 Å². The Morgan fingerprint density at radius 1 is 0.759 bits per heavy atom. The summed E-state index contributed by atoms with van der Waals surface area (Å²) in [6.07, 6.45) is -4.51. The van der Waals surface area contributed by atoms with E-state index in [1.165, 1.54) is 18.2 Å². The fourth-order valence-electron chi connectivity index (χ4n) is 2.60. The fraction of sp³-hybridized carbons (Fsp3) is 0.0476. The number of rotatable bonds is 4. The Labute approximate surface area is 178 Å². The number of alkyl halides is 3. The second-order valence-electron chi connectivity index (χ2n) is 6.01. The first-order chi connectivity index (χ1) is 13.8. The van der Waals surface area contributed by atoms with Crippen molar-refractivity contribution in [2.45, 2.75) is 6.18 Å². The number of benzene rings is 3. The molecule has 0 aliphatic rings. The molecule has 0 heterocycles. The van der Waals surface area contributed by atoms with Crippen molar-refractivity contribution in [3.05, 3.63) is 93.1 Å². The highest BCUT2D eigenvalue weighted by Gasteiger charge is 2.30. The van der Waals surface area contributed by atoms with Gasteiger partial charge in [0.2, 0.25) is 0 Å². The molecule has 0 aliphatic carbocycles. The smallest absolute Gasteiger partial charge is 0.322 e. The van der Waals surface area contributed by atoms with E-state index in [-0.39, 0.29) is 16.9 Å². The van der Waals surface area contributed by atoms with Gasteiger partial charge < -0.3 is 10.6 Å². The van der Waals surface area contributed by atoms with Gasteiger partial charge in [-0.05, 0) is 65.1 Å². The second kappa shape index (κ2) is 8.64. The van der Waals surface area contributed by atoms with Crippen LogP contribution in [0.4, 0.5) is 24.5 Å². The third kappa shape index (κ3) is 5.14. The zero-order valence-corrected chi connectivity index (χ0v) is 16.9. The number of para-hydroxylation sites is 1. The van der Waals surface area contributed by atoms with Crippen LogP contribution in [0.2, 0.25) is 0 Å². The molecule has 0 aliphatic heterocycles. The van der Waals surface area contributed by atoms with E-state index >= 15 is 0 Å². The molecule has 3 rings (SSSR count).